The van der Waals surface area contributed by atoms with Gasteiger partial charge in [0.15, 0.2) is 0 Å². The molecule has 0 spiro atoms. The van der Waals surface area contributed by atoms with Crippen LogP contribution in [0.2, 0.25) is 0 Å². The van der Waals surface area contributed by atoms with Crippen LogP contribution >= 0.6 is 119 Å². The number of unbranched alkanes of at least 4 members (excludes halogenated alkanes) is 53. The molecule has 0 saturated heterocycles. The van der Waals surface area contributed by atoms with E-state index in [0.29, 0.717) is 0 Å². The third-order valence-electron chi connectivity index (χ3n) is 23.1. The number of rotatable bonds is 89. The zero-order valence-corrected chi connectivity index (χ0v) is 85.1. The normalized spacial score (nSPS) is 13.5. The summed E-state index contributed by atoms with van der Waals surface area (Å²) in [6, 6.07) is 21.3. The Labute approximate surface area is 728 Å². The molecule has 12 heteroatoms. The van der Waals surface area contributed by atoms with Gasteiger partial charge in [0, 0.05) is 65.6 Å². The predicted octanol–water partition coefficient (Wildman–Crippen LogP) is 41.4. The summed E-state index contributed by atoms with van der Waals surface area (Å²) in [7, 11) is 21.6. The summed E-state index contributed by atoms with van der Waals surface area (Å²) >= 11 is 4.65. The maximum absolute atomic E-state index is 3.47. The highest BCUT2D eigenvalue weighted by Crippen LogP contribution is 3.21. The molecule has 654 valence electrons. The first-order valence-electron chi connectivity index (χ1n) is 48.8. The van der Waals surface area contributed by atoms with E-state index in [1.165, 1.54) is 480 Å². The van der Waals surface area contributed by atoms with Gasteiger partial charge >= 0.3 is 0 Å². The van der Waals surface area contributed by atoms with Crippen LogP contribution in [0.5, 0.6) is 0 Å². The minimum atomic E-state index is -3.47. The summed E-state index contributed by atoms with van der Waals surface area (Å²) < 4.78 is -6.95. The van der Waals surface area contributed by atoms with Crippen molar-refractivity contribution in [1.82, 2.24) is 0 Å². The molecule has 0 nitrogen and oxygen atoms in total. The monoisotopic (exact) mass is 1750 g/mol. The number of hydrogen-bond acceptors (Lipinski definition) is 10. The van der Waals surface area contributed by atoms with Crippen LogP contribution in [0.15, 0.2) is 68.1 Å². The first-order chi connectivity index (χ1) is 54.0. The van der Waals surface area contributed by atoms with Crippen molar-refractivity contribution in [3.8, 4) is 0 Å². The van der Waals surface area contributed by atoms with Crippen LogP contribution in [0.25, 0.3) is 0 Å². The van der Waals surface area contributed by atoms with E-state index in [0.717, 1.165) is 0 Å². The molecule has 0 aliphatic carbocycles. The fraction of sp³-hybridized carbons (Fsp3) is 0.878. The van der Waals surface area contributed by atoms with E-state index in [9.17, 15) is 0 Å². The molecule has 0 saturated carbocycles. The van der Waals surface area contributed by atoms with Crippen molar-refractivity contribution in [3.05, 3.63) is 48.5 Å². The lowest BCUT2D eigenvalue weighted by atomic mass is 10.1. The van der Waals surface area contributed by atoms with Gasteiger partial charge in [0.1, 0.15) is 0 Å². The van der Waals surface area contributed by atoms with E-state index in [1.54, 1.807) is 9.79 Å². The van der Waals surface area contributed by atoms with E-state index in [1.807, 2.05) is 9.79 Å². The van der Waals surface area contributed by atoms with Gasteiger partial charge in [-0.3, -0.25) is 0 Å². The maximum Gasteiger partial charge on any atom is 0.0224 e. The molecule has 0 radical (unpaired) electrons. The summed E-state index contributed by atoms with van der Waals surface area (Å²) in [5.74, 6) is 15.9. The SMILES string of the molecule is CCCCCCCCSc1ccccc1S(CCCCCCS(SCCCCCCCC)(SCCCCCCCC)(SCCCCCCCC)(SCCCCCCCC)c1ccccc1SCCCCCCCC)(SCCCCCCCC)(SCCCCCCCC)(SCCCCCCCC)SCCCCCCCC. The molecule has 0 N–H and O–H groups in total. The standard InChI is InChI=1S/C98H190S12/c1-11-21-31-41-51-67-83-99-95-79-63-65-81-97(95)109(101-85-69-53-43-33-23-13-3,102-86-70-54-44-34-24-14-4,103-87-71-55-45-35-25-15-5,104-88-72-56-46-36-26-16-6)93-77-61-62-78-94-110(105-89-73-57-47-37-27-17-7,106-90-74-58-48-38-28-18-8,107-91-75-59-49-39-29-19-9,108-92-76-60-50-40-30-20-10)98-82-66-64-80-96(98)100-84-68-52-42-32-22-12-2/h63-66,79-82H,11-62,67-78,83-94H2,1-10H3. The summed E-state index contributed by atoms with van der Waals surface area (Å²) in [5, 5.41) is 0. The Hall–Kier alpha value is 2.64. The van der Waals surface area contributed by atoms with Gasteiger partial charge in [-0.25, -0.2) is 0 Å². The Morgan fingerprint density at radius 3 is 0.491 bits per heavy atom. The largest absolute Gasteiger partial charge is 0.125 e. The summed E-state index contributed by atoms with van der Waals surface area (Å²) in [4.78, 5) is 7.13. The van der Waals surface area contributed by atoms with Gasteiger partial charge in [0.2, 0.25) is 0 Å². The molecule has 2 aromatic carbocycles. The zero-order chi connectivity index (χ0) is 79.6. The second-order valence-electron chi connectivity index (χ2n) is 33.4. The molecule has 2 aromatic rings. The van der Waals surface area contributed by atoms with Gasteiger partial charge in [-0.1, -0.05) is 514 Å². The Morgan fingerprint density at radius 1 is 0.164 bits per heavy atom. The molecule has 0 aromatic heterocycles. The van der Waals surface area contributed by atoms with Gasteiger partial charge in [-0.15, -0.1) is 32.4 Å². The highest BCUT2D eigenvalue weighted by molar-refractivity contribution is 9.82. The van der Waals surface area contributed by atoms with E-state index in [2.05, 4.69) is 228 Å². The highest BCUT2D eigenvalue weighted by Gasteiger charge is 2.66. The van der Waals surface area contributed by atoms with Crippen molar-refractivity contribution in [2.75, 3.05) is 69.0 Å². The first-order valence-corrected chi connectivity index (χ1v) is 68.1. The fourth-order valence-corrected chi connectivity index (χ4v) is 82.7. The van der Waals surface area contributed by atoms with Crippen molar-refractivity contribution in [2.45, 2.75) is 500 Å². The van der Waals surface area contributed by atoms with Crippen molar-refractivity contribution in [2.24, 2.45) is 0 Å². The molecule has 0 aliphatic rings. The fourth-order valence-electron chi connectivity index (χ4n) is 16.0. The third kappa shape index (κ3) is 44.1. The van der Waals surface area contributed by atoms with Crippen molar-refractivity contribution in [3.63, 3.8) is 0 Å². The highest BCUT2D eigenvalue weighted by atomic mass is 34.1. The van der Waals surface area contributed by atoms with E-state index in [4.69, 9.17) is 0 Å². The second kappa shape index (κ2) is 71.1. The molecule has 0 amide bonds. The maximum atomic E-state index is 2.86. The topological polar surface area (TPSA) is 0 Å². The Morgan fingerprint density at radius 2 is 0.309 bits per heavy atom. The number of hydrogen-bond donors (Lipinski definition) is 0. The van der Waals surface area contributed by atoms with Crippen molar-refractivity contribution in [1.29, 1.82) is 0 Å². The number of thioether (sulfide) groups is 2. The average Bonchev–Trinajstić information content (AvgIpc) is 0.673. The predicted molar refractivity (Wildman–Crippen MR) is 548 cm³/mol. The van der Waals surface area contributed by atoms with Crippen LogP contribution in [0.1, 0.15) is 480 Å². The molecular formula is C98H190S12. The lowest BCUT2D eigenvalue weighted by Gasteiger charge is -2.77. The Kier molecular flexibility index (Phi) is 70.3. The summed E-state index contributed by atoms with van der Waals surface area (Å²) in [5.41, 5.74) is 0. The minimum Gasteiger partial charge on any atom is -0.125 e. The van der Waals surface area contributed by atoms with E-state index in [-0.39, 0.29) is 0 Å². The second-order valence-corrected chi connectivity index (χ2v) is 82.8. The van der Waals surface area contributed by atoms with Gasteiger partial charge in [0.25, 0.3) is 0 Å². The lowest BCUT2D eigenvalue weighted by molar-refractivity contribution is 0.627. The molecule has 0 unspecified atom stereocenters. The number of benzene rings is 2. The van der Waals surface area contributed by atoms with Gasteiger partial charge in [-0.2, -0.15) is 0 Å². The van der Waals surface area contributed by atoms with Crippen molar-refractivity contribution >= 4 is 119 Å². The molecule has 110 heavy (non-hydrogen) atoms. The van der Waals surface area contributed by atoms with E-state index >= 15 is 0 Å². The van der Waals surface area contributed by atoms with Gasteiger partial charge < -0.3 is 0 Å². The quantitative estimate of drug-likeness (QED) is 0.0355. The van der Waals surface area contributed by atoms with Crippen LogP contribution in [0.3, 0.4) is 0 Å². The Bertz CT molecular complexity index is 2010. The van der Waals surface area contributed by atoms with Gasteiger partial charge in [-0.05, 0) is 124 Å². The summed E-state index contributed by atoms with van der Waals surface area (Å²) in [6.45, 7) is 24.1. The minimum absolute atomic E-state index is 1.26. The smallest absolute Gasteiger partial charge is 0.0224 e. The molecular weight excluding hydrogens is 1560 g/mol. The van der Waals surface area contributed by atoms with Crippen LogP contribution in [-0.4, -0.2) is 69.0 Å². The molecule has 0 heterocycles. The molecule has 0 bridgehead atoms. The molecule has 2 rings (SSSR count). The lowest BCUT2D eigenvalue weighted by Crippen LogP contribution is -2.30. The van der Waals surface area contributed by atoms with Crippen LogP contribution in [-0.2, 0) is 0 Å². The van der Waals surface area contributed by atoms with E-state index < -0.39 is 8.84 Å². The molecule has 0 aliphatic heterocycles. The zero-order valence-electron chi connectivity index (χ0n) is 75.3. The molecule has 0 fully saturated rings. The first kappa shape index (κ1) is 109. The van der Waals surface area contributed by atoms with Crippen LogP contribution < -0.4 is 0 Å². The Balaban J connectivity index is 3.35. The van der Waals surface area contributed by atoms with Crippen LogP contribution in [0.4, 0.5) is 0 Å². The third-order valence-corrected chi connectivity index (χ3v) is 85.8. The average molecular weight is 1750 g/mol. The van der Waals surface area contributed by atoms with Crippen LogP contribution in [0, 0.1) is 0 Å². The van der Waals surface area contributed by atoms with Crippen molar-refractivity contribution < 1.29 is 0 Å². The summed E-state index contributed by atoms with van der Waals surface area (Å²) in [6.07, 6.45) is 88.6. The molecule has 0 atom stereocenters. The van der Waals surface area contributed by atoms with Gasteiger partial charge in [0.05, 0.1) is 0 Å².